The molecule has 0 heterocycles. The van der Waals surface area contributed by atoms with E-state index in [-0.39, 0.29) is 0 Å². The van der Waals surface area contributed by atoms with Crippen LogP contribution in [0.1, 0.15) is 52.9 Å². The third kappa shape index (κ3) is 5.53. The molecule has 0 saturated heterocycles. The summed E-state index contributed by atoms with van der Waals surface area (Å²) in [6.45, 7) is 8.57. The summed E-state index contributed by atoms with van der Waals surface area (Å²) in [5.74, 6) is 0.866. The van der Waals surface area contributed by atoms with Crippen molar-refractivity contribution in [3.63, 3.8) is 0 Å². The number of ether oxygens (including phenoxy) is 1. The van der Waals surface area contributed by atoms with Gasteiger partial charge in [-0.25, -0.2) is 0 Å². The Kier molecular flexibility index (Phi) is 6.26. The Hall–Kier alpha value is -0.0800. The lowest BCUT2D eigenvalue weighted by Crippen LogP contribution is -2.38. The molecule has 0 radical (unpaired) electrons. The zero-order chi connectivity index (χ0) is 11.1. The van der Waals surface area contributed by atoms with E-state index < -0.39 is 0 Å². The van der Waals surface area contributed by atoms with E-state index in [1.54, 1.807) is 0 Å². The molecular weight excluding hydrogens is 186 g/mol. The summed E-state index contributed by atoms with van der Waals surface area (Å²) in [7, 11) is 0. The van der Waals surface area contributed by atoms with Crippen molar-refractivity contribution in [3.8, 4) is 0 Å². The summed E-state index contributed by atoms with van der Waals surface area (Å²) in [5, 5.41) is 3.67. The van der Waals surface area contributed by atoms with Crippen LogP contribution >= 0.6 is 0 Å². The molecule has 2 nitrogen and oxygen atoms in total. The summed E-state index contributed by atoms with van der Waals surface area (Å²) >= 11 is 0. The van der Waals surface area contributed by atoms with Crippen molar-refractivity contribution in [2.24, 2.45) is 5.92 Å². The molecule has 1 fully saturated rings. The zero-order valence-corrected chi connectivity index (χ0v) is 10.6. The van der Waals surface area contributed by atoms with E-state index in [9.17, 15) is 0 Å². The Morgan fingerprint density at radius 1 is 1.27 bits per heavy atom. The largest absolute Gasteiger partial charge is 0.379 e. The third-order valence-electron chi connectivity index (χ3n) is 3.29. The molecule has 1 rings (SSSR count). The SMILES string of the molecule is CC(C)OCCCNC1CCCCC1C. The smallest absolute Gasteiger partial charge is 0.0518 e. The molecule has 1 N–H and O–H groups in total. The first kappa shape index (κ1) is 13.0. The summed E-state index contributed by atoms with van der Waals surface area (Å²) in [6.07, 6.45) is 7.12. The van der Waals surface area contributed by atoms with E-state index in [4.69, 9.17) is 4.74 Å². The molecule has 0 aromatic carbocycles. The highest BCUT2D eigenvalue weighted by molar-refractivity contribution is 4.77. The molecule has 2 atom stereocenters. The molecule has 2 heteroatoms. The van der Waals surface area contributed by atoms with Gasteiger partial charge in [-0.15, -0.1) is 0 Å². The number of rotatable bonds is 6. The molecule has 1 aliphatic carbocycles. The van der Waals surface area contributed by atoms with Crippen molar-refractivity contribution in [3.05, 3.63) is 0 Å². The normalized spacial score (nSPS) is 27.2. The molecular formula is C13H27NO. The second kappa shape index (κ2) is 7.24. The minimum absolute atomic E-state index is 0.374. The van der Waals surface area contributed by atoms with Crippen LogP contribution in [0.4, 0.5) is 0 Å². The minimum Gasteiger partial charge on any atom is -0.379 e. The molecule has 90 valence electrons. The number of hydrogen-bond donors (Lipinski definition) is 1. The van der Waals surface area contributed by atoms with Gasteiger partial charge in [0, 0.05) is 12.6 Å². The fourth-order valence-corrected chi connectivity index (χ4v) is 2.30. The highest BCUT2D eigenvalue weighted by Crippen LogP contribution is 2.23. The van der Waals surface area contributed by atoms with Crippen LogP contribution < -0.4 is 5.32 Å². The molecule has 0 aliphatic heterocycles. The van der Waals surface area contributed by atoms with Gasteiger partial charge in [0.2, 0.25) is 0 Å². The van der Waals surface area contributed by atoms with Gasteiger partial charge >= 0.3 is 0 Å². The summed E-state index contributed by atoms with van der Waals surface area (Å²) in [4.78, 5) is 0. The first-order chi connectivity index (χ1) is 7.20. The zero-order valence-electron chi connectivity index (χ0n) is 10.6. The second-order valence-corrected chi connectivity index (χ2v) is 5.10. The van der Waals surface area contributed by atoms with E-state index >= 15 is 0 Å². The maximum atomic E-state index is 5.52. The molecule has 0 aromatic rings. The Morgan fingerprint density at radius 2 is 2.00 bits per heavy atom. The van der Waals surface area contributed by atoms with Gasteiger partial charge in [0.1, 0.15) is 0 Å². The van der Waals surface area contributed by atoms with E-state index in [1.165, 1.54) is 25.7 Å². The van der Waals surface area contributed by atoms with Gasteiger partial charge in [-0.1, -0.05) is 19.8 Å². The fourth-order valence-electron chi connectivity index (χ4n) is 2.30. The van der Waals surface area contributed by atoms with Crippen molar-refractivity contribution in [1.82, 2.24) is 5.32 Å². The highest BCUT2D eigenvalue weighted by Gasteiger charge is 2.19. The molecule has 0 spiro atoms. The van der Waals surface area contributed by atoms with Crippen molar-refractivity contribution in [2.75, 3.05) is 13.2 Å². The quantitative estimate of drug-likeness (QED) is 0.685. The molecule has 1 saturated carbocycles. The molecule has 0 bridgehead atoms. The van der Waals surface area contributed by atoms with Crippen molar-refractivity contribution < 1.29 is 4.74 Å². The van der Waals surface area contributed by atoms with Crippen molar-refractivity contribution >= 4 is 0 Å². The topological polar surface area (TPSA) is 21.3 Å². The van der Waals surface area contributed by atoms with Crippen LogP contribution in [0.5, 0.6) is 0 Å². The lowest BCUT2D eigenvalue weighted by Gasteiger charge is -2.29. The summed E-state index contributed by atoms with van der Waals surface area (Å²) < 4.78 is 5.52. The number of nitrogens with one attached hydrogen (secondary N) is 1. The van der Waals surface area contributed by atoms with Crippen LogP contribution in [0.2, 0.25) is 0 Å². The Balaban J connectivity index is 1.99. The van der Waals surface area contributed by atoms with Crippen LogP contribution in [-0.2, 0) is 4.74 Å². The van der Waals surface area contributed by atoms with E-state index in [0.717, 1.165) is 31.5 Å². The monoisotopic (exact) mass is 213 g/mol. The van der Waals surface area contributed by atoms with Crippen molar-refractivity contribution in [2.45, 2.75) is 65.0 Å². The Labute approximate surface area is 94.8 Å². The Morgan fingerprint density at radius 3 is 2.67 bits per heavy atom. The Bertz CT molecular complexity index is 159. The number of hydrogen-bond acceptors (Lipinski definition) is 2. The summed E-state index contributed by atoms with van der Waals surface area (Å²) in [6, 6.07) is 0.762. The van der Waals surface area contributed by atoms with E-state index in [2.05, 4.69) is 26.1 Å². The lowest BCUT2D eigenvalue weighted by atomic mass is 9.86. The van der Waals surface area contributed by atoms with Gasteiger partial charge in [-0.2, -0.15) is 0 Å². The van der Waals surface area contributed by atoms with Crippen LogP contribution in [0.15, 0.2) is 0 Å². The minimum atomic E-state index is 0.374. The van der Waals surface area contributed by atoms with Gasteiger partial charge in [-0.3, -0.25) is 0 Å². The van der Waals surface area contributed by atoms with Gasteiger partial charge < -0.3 is 10.1 Å². The predicted octanol–water partition coefficient (Wildman–Crippen LogP) is 2.97. The standard InChI is InChI=1S/C13H27NO/c1-11(2)15-10-6-9-14-13-8-5-4-7-12(13)3/h11-14H,4-10H2,1-3H3. The van der Waals surface area contributed by atoms with Crippen LogP contribution in [0, 0.1) is 5.92 Å². The molecule has 15 heavy (non-hydrogen) atoms. The maximum absolute atomic E-state index is 5.52. The van der Waals surface area contributed by atoms with Crippen LogP contribution in [-0.4, -0.2) is 25.3 Å². The van der Waals surface area contributed by atoms with E-state index in [1.807, 2.05) is 0 Å². The van der Waals surface area contributed by atoms with Gasteiger partial charge in [0.15, 0.2) is 0 Å². The van der Waals surface area contributed by atoms with Crippen molar-refractivity contribution in [1.29, 1.82) is 0 Å². The van der Waals surface area contributed by atoms with Gasteiger partial charge in [-0.05, 0) is 45.6 Å². The van der Waals surface area contributed by atoms with Gasteiger partial charge in [0.25, 0.3) is 0 Å². The van der Waals surface area contributed by atoms with Gasteiger partial charge in [0.05, 0.1) is 6.10 Å². The van der Waals surface area contributed by atoms with Crippen LogP contribution in [0.3, 0.4) is 0 Å². The molecule has 1 aliphatic rings. The molecule has 2 unspecified atom stereocenters. The average Bonchev–Trinajstić information content (AvgIpc) is 2.20. The van der Waals surface area contributed by atoms with Crippen LogP contribution in [0.25, 0.3) is 0 Å². The lowest BCUT2D eigenvalue weighted by molar-refractivity contribution is 0.0760. The first-order valence-corrected chi connectivity index (χ1v) is 6.55. The maximum Gasteiger partial charge on any atom is 0.0518 e. The second-order valence-electron chi connectivity index (χ2n) is 5.10. The highest BCUT2D eigenvalue weighted by atomic mass is 16.5. The fraction of sp³-hybridized carbons (Fsp3) is 1.00. The van der Waals surface area contributed by atoms with E-state index in [0.29, 0.717) is 6.10 Å². The molecule has 0 aromatic heterocycles. The average molecular weight is 213 g/mol. The predicted molar refractivity (Wildman–Crippen MR) is 65.1 cm³/mol. The molecule has 0 amide bonds. The third-order valence-corrected chi connectivity index (χ3v) is 3.29. The first-order valence-electron chi connectivity index (χ1n) is 6.55. The summed E-state index contributed by atoms with van der Waals surface area (Å²) in [5.41, 5.74) is 0.